The Hall–Kier alpha value is -4.17. The normalized spacial score (nSPS) is 13.7. The highest BCUT2D eigenvalue weighted by molar-refractivity contribution is 6.32. The fourth-order valence-electron chi connectivity index (χ4n) is 4.52. The molecule has 3 aromatic carbocycles. The summed E-state index contributed by atoms with van der Waals surface area (Å²) < 4.78 is 16.3. The minimum atomic E-state index is -0.129. The number of hydrogen-bond donors (Lipinski definition) is 3. The Morgan fingerprint density at radius 2 is 1.62 bits per heavy atom. The van der Waals surface area contributed by atoms with Gasteiger partial charge in [0.05, 0.1) is 26.9 Å². The van der Waals surface area contributed by atoms with Crippen LogP contribution in [0.25, 0.3) is 5.57 Å². The lowest BCUT2D eigenvalue weighted by molar-refractivity contribution is -0.110. The van der Waals surface area contributed by atoms with E-state index in [0.29, 0.717) is 28.5 Å². The Labute approximate surface area is 218 Å². The first-order valence-corrected chi connectivity index (χ1v) is 12.1. The number of nitrogens with two attached hydrogens (primary N) is 1. The summed E-state index contributed by atoms with van der Waals surface area (Å²) in [6.07, 6.45) is 0.841. The molecule has 8 nitrogen and oxygen atoms in total. The minimum Gasteiger partial charge on any atom is -0.493 e. The summed E-state index contributed by atoms with van der Waals surface area (Å²) >= 11 is 0. The number of nitrogens with zero attached hydrogens (tertiary/aromatic N) is 1. The van der Waals surface area contributed by atoms with Gasteiger partial charge < -0.3 is 35.5 Å². The fraction of sp³-hybridized carbons (Fsp3) is 0.276. The summed E-state index contributed by atoms with van der Waals surface area (Å²) in [6, 6.07) is 17.7. The van der Waals surface area contributed by atoms with Gasteiger partial charge in [0.1, 0.15) is 0 Å². The van der Waals surface area contributed by atoms with Gasteiger partial charge in [0.25, 0.3) is 5.91 Å². The minimum absolute atomic E-state index is 0.129. The summed E-state index contributed by atoms with van der Waals surface area (Å²) in [5.41, 5.74) is 12.8. The second-order valence-electron chi connectivity index (χ2n) is 9.10. The van der Waals surface area contributed by atoms with Crippen LogP contribution in [0.3, 0.4) is 0 Å². The first-order valence-electron chi connectivity index (χ1n) is 12.1. The van der Waals surface area contributed by atoms with Gasteiger partial charge in [-0.1, -0.05) is 12.1 Å². The molecule has 4 N–H and O–H groups in total. The lowest BCUT2D eigenvalue weighted by Gasteiger charge is -2.19. The Morgan fingerprint density at radius 1 is 0.946 bits per heavy atom. The molecule has 0 saturated heterocycles. The number of carbonyl (C=O) groups excluding carboxylic acids is 1. The number of hydrogen-bond acceptors (Lipinski definition) is 7. The van der Waals surface area contributed by atoms with Gasteiger partial charge in [-0.15, -0.1) is 0 Å². The van der Waals surface area contributed by atoms with E-state index in [1.807, 2.05) is 43.3 Å². The third-order valence-electron chi connectivity index (χ3n) is 6.41. The number of likely N-dealkylation sites (N-methyl/N-ethyl adjacent to an activating group) is 1. The third-order valence-corrected chi connectivity index (χ3v) is 6.41. The number of nitrogen functional groups attached to an aromatic ring is 1. The van der Waals surface area contributed by atoms with Gasteiger partial charge in [-0.3, -0.25) is 4.79 Å². The SMILES string of the molecule is COc1cc(CCN(C)Cc2ccc(N/C(C)=C3\C(=O)Nc4ccc(N)cc43)cc2)cc(OC)c1OC. The third kappa shape index (κ3) is 5.81. The van der Waals surface area contributed by atoms with Gasteiger partial charge in [0, 0.05) is 41.4 Å². The van der Waals surface area contributed by atoms with Gasteiger partial charge in [-0.25, -0.2) is 0 Å². The van der Waals surface area contributed by atoms with Crippen molar-refractivity contribution in [3.8, 4) is 17.2 Å². The van der Waals surface area contributed by atoms with Gasteiger partial charge in [-0.2, -0.15) is 0 Å². The lowest BCUT2D eigenvalue weighted by atomic mass is 10.0. The Balaban J connectivity index is 1.38. The summed E-state index contributed by atoms with van der Waals surface area (Å²) in [6.45, 7) is 3.57. The molecule has 1 heterocycles. The van der Waals surface area contributed by atoms with E-state index in [1.54, 1.807) is 27.4 Å². The molecule has 1 amide bonds. The highest BCUT2D eigenvalue weighted by Crippen LogP contribution is 2.38. The zero-order valence-corrected chi connectivity index (χ0v) is 22.0. The fourth-order valence-corrected chi connectivity index (χ4v) is 4.52. The number of amides is 1. The number of rotatable bonds is 10. The van der Waals surface area contributed by atoms with Crippen LogP contribution >= 0.6 is 0 Å². The van der Waals surface area contributed by atoms with Crippen molar-refractivity contribution in [3.63, 3.8) is 0 Å². The largest absolute Gasteiger partial charge is 0.493 e. The molecule has 0 atom stereocenters. The molecule has 0 saturated carbocycles. The molecule has 8 heteroatoms. The van der Waals surface area contributed by atoms with Crippen LogP contribution in [-0.2, 0) is 17.8 Å². The highest BCUT2D eigenvalue weighted by atomic mass is 16.5. The second-order valence-corrected chi connectivity index (χ2v) is 9.10. The zero-order chi connectivity index (χ0) is 26.5. The number of methoxy groups -OCH3 is 3. The second kappa shape index (κ2) is 11.3. The summed E-state index contributed by atoms with van der Waals surface area (Å²) in [4.78, 5) is 14.8. The van der Waals surface area contributed by atoms with Crippen molar-refractivity contribution in [3.05, 3.63) is 77.0 Å². The quantitative estimate of drug-likeness (QED) is 0.271. The Bertz CT molecular complexity index is 1290. The van der Waals surface area contributed by atoms with Crippen molar-refractivity contribution >= 4 is 28.5 Å². The predicted octanol–water partition coefficient (Wildman–Crippen LogP) is 4.76. The van der Waals surface area contributed by atoms with Gasteiger partial charge in [-0.05, 0) is 74.0 Å². The van der Waals surface area contributed by atoms with Crippen LogP contribution in [-0.4, -0.2) is 45.7 Å². The Kier molecular flexibility index (Phi) is 7.89. The molecule has 0 aromatic heterocycles. The molecule has 0 radical (unpaired) electrons. The zero-order valence-electron chi connectivity index (χ0n) is 22.0. The van der Waals surface area contributed by atoms with Crippen molar-refractivity contribution in [1.29, 1.82) is 0 Å². The number of allylic oxidation sites excluding steroid dienone is 1. The van der Waals surface area contributed by atoms with Crippen LogP contribution in [0.4, 0.5) is 17.1 Å². The number of carbonyl (C=O) groups is 1. The number of ether oxygens (including phenoxy) is 3. The molecule has 0 aliphatic carbocycles. The van der Waals surface area contributed by atoms with Crippen LogP contribution < -0.4 is 30.6 Å². The molecule has 0 spiro atoms. The van der Waals surface area contributed by atoms with Gasteiger partial charge >= 0.3 is 0 Å². The topological polar surface area (TPSA) is 98.1 Å². The molecule has 1 aliphatic heterocycles. The molecular weight excluding hydrogens is 468 g/mol. The first kappa shape index (κ1) is 25.9. The molecule has 0 fully saturated rings. The van der Waals surface area contributed by atoms with E-state index >= 15 is 0 Å². The molecule has 1 aliphatic rings. The van der Waals surface area contributed by atoms with Gasteiger partial charge in [0.2, 0.25) is 5.75 Å². The van der Waals surface area contributed by atoms with Crippen LogP contribution in [0.1, 0.15) is 23.6 Å². The molecule has 4 rings (SSSR count). The molecule has 37 heavy (non-hydrogen) atoms. The highest BCUT2D eigenvalue weighted by Gasteiger charge is 2.26. The summed E-state index contributed by atoms with van der Waals surface area (Å²) in [7, 11) is 6.95. The number of fused-ring (bicyclic) bond motifs is 1. The van der Waals surface area contributed by atoms with E-state index in [0.717, 1.165) is 47.7 Å². The van der Waals surface area contributed by atoms with Crippen molar-refractivity contribution in [2.45, 2.75) is 19.9 Å². The molecule has 0 unspecified atom stereocenters. The van der Waals surface area contributed by atoms with E-state index in [-0.39, 0.29) is 5.91 Å². The summed E-state index contributed by atoms with van der Waals surface area (Å²) in [5.74, 6) is 1.80. The molecule has 194 valence electrons. The van der Waals surface area contributed by atoms with Crippen molar-refractivity contribution in [1.82, 2.24) is 4.90 Å². The molecular formula is C29H34N4O4. The van der Waals surface area contributed by atoms with Crippen LogP contribution in [0.15, 0.2) is 60.3 Å². The maximum atomic E-state index is 12.5. The maximum Gasteiger partial charge on any atom is 0.258 e. The average Bonchev–Trinajstić information content (AvgIpc) is 3.22. The van der Waals surface area contributed by atoms with Gasteiger partial charge in [0.15, 0.2) is 11.5 Å². The number of nitrogens with one attached hydrogen (secondary N) is 2. The molecule has 3 aromatic rings. The van der Waals surface area contributed by atoms with Crippen molar-refractivity contribution in [2.75, 3.05) is 51.3 Å². The molecule has 0 bridgehead atoms. The van der Waals surface area contributed by atoms with E-state index < -0.39 is 0 Å². The van der Waals surface area contributed by atoms with Crippen molar-refractivity contribution < 1.29 is 19.0 Å². The number of anilines is 3. The van der Waals surface area contributed by atoms with Crippen molar-refractivity contribution in [2.24, 2.45) is 0 Å². The Morgan fingerprint density at radius 3 is 2.24 bits per heavy atom. The lowest BCUT2D eigenvalue weighted by Crippen LogP contribution is -2.20. The average molecular weight is 503 g/mol. The van der Waals surface area contributed by atoms with E-state index in [2.05, 4.69) is 34.7 Å². The van der Waals surface area contributed by atoms with Crippen LogP contribution in [0.5, 0.6) is 17.2 Å². The maximum absolute atomic E-state index is 12.5. The van der Waals surface area contributed by atoms with Crippen LogP contribution in [0, 0.1) is 0 Å². The number of benzene rings is 3. The van der Waals surface area contributed by atoms with E-state index in [4.69, 9.17) is 19.9 Å². The standard InChI is InChI=1S/C29H34N4O4/c1-18(27-23-16-21(30)8-11-24(23)32-29(27)34)31-22-9-6-19(7-10-22)17-33(2)13-12-20-14-25(35-3)28(37-5)26(15-20)36-4/h6-11,14-16,31H,12-13,17,30H2,1-5H3,(H,32,34)/b27-18-. The monoisotopic (exact) mass is 502 g/mol. The smallest absolute Gasteiger partial charge is 0.258 e. The summed E-state index contributed by atoms with van der Waals surface area (Å²) in [5, 5.41) is 6.26. The van der Waals surface area contributed by atoms with E-state index in [1.165, 1.54) is 5.56 Å². The van der Waals surface area contributed by atoms with E-state index in [9.17, 15) is 4.79 Å². The van der Waals surface area contributed by atoms with Crippen LogP contribution in [0.2, 0.25) is 0 Å². The first-order chi connectivity index (χ1) is 17.8. The predicted molar refractivity (Wildman–Crippen MR) is 148 cm³/mol.